The number of para-hydroxylation sites is 1. The Morgan fingerprint density at radius 1 is 1.21 bits per heavy atom. The summed E-state index contributed by atoms with van der Waals surface area (Å²) in [5.41, 5.74) is 1.89. The SMILES string of the molecule is O=c1cc(CN2CCC(c3nc4ccccc4s3)CC2)c2cc(Cl)c(O)cc2o1. The third-order valence-electron chi connectivity index (χ3n) is 5.54. The molecule has 0 aliphatic carbocycles. The molecule has 0 unspecified atom stereocenters. The van der Waals surface area contributed by atoms with Crippen LogP contribution in [0.25, 0.3) is 21.2 Å². The van der Waals surface area contributed by atoms with E-state index < -0.39 is 5.63 Å². The Labute approximate surface area is 176 Å². The second-order valence-corrected chi connectivity index (χ2v) is 8.93. The van der Waals surface area contributed by atoms with E-state index in [9.17, 15) is 9.90 Å². The van der Waals surface area contributed by atoms with Gasteiger partial charge in [-0.15, -0.1) is 11.3 Å². The van der Waals surface area contributed by atoms with E-state index in [0.717, 1.165) is 42.4 Å². The molecule has 1 fully saturated rings. The lowest BCUT2D eigenvalue weighted by atomic mass is 9.97. The summed E-state index contributed by atoms with van der Waals surface area (Å²) in [6.07, 6.45) is 2.08. The molecule has 0 spiro atoms. The van der Waals surface area contributed by atoms with Gasteiger partial charge in [-0.3, -0.25) is 4.90 Å². The van der Waals surface area contributed by atoms with Crippen molar-refractivity contribution in [3.63, 3.8) is 0 Å². The molecule has 2 aromatic heterocycles. The van der Waals surface area contributed by atoms with E-state index in [1.165, 1.54) is 21.8 Å². The van der Waals surface area contributed by atoms with E-state index in [1.54, 1.807) is 17.4 Å². The van der Waals surface area contributed by atoms with Gasteiger partial charge in [-0.25, -0.2) is 9.78 Å². The number of aromatic hydroxyl groups is 1. The van der Waals surface area contributed by atoms with Crippen molar-refractivity contribution in [2.24, 2.45) is 0 Å². The summed E-state index contributed by atoms with van der Waals surface area (Å²) in [7, 11) is 0. The molecule has 29 heavy (non-hydrogen) atoms. The van der Waals surface area contributed by atoms with Gasteiger partial charge in [0.2, 0.25) is 0 Å². The van der Waals surface area contributed by atoms with Crippen LogP contribution in [0, 0.1) is 0 Å². The standard InChI is InChI=1S/C22H19ClN2O3S/c23-16-10-15-14(9-21(27)28-19(15)11-18(16)26)12-25-7-5-13(6-8-25)22-24-17-3-1-2-4-20(17)29-22/h1-4,9-11,13,26H,5-8,12H2. The number of hydrogen-bond donors (Lipinski definition) is 1. The third kappa shape index (κ3) is 3.64. The summed E-state index contributed by atoms with van der Waals surface area (Å²) < 4.78 is 6.47. The van der Waals surface area contributed by atoms with Crippen LogP contribution in [0.5, 0.6) is 5.75 Å². The first-order chi connectivity index (χ1) is 14.1. The van der Waals surface area contributed by atoms with Crippen molar-refractivity contribution in [2.45, 2.75) is 25.3 Å². The first-order valence-electron chi connectivity index (χ1n) is 9.60. The van der Waals surface area contributed by atoms with Gasteiger partial charge in [-0.2, -0.15) is 0 Å². The fourth-order valence-electron chi connectivity index (χ4n) is 4.01. The molecule has 148 valence electrons. The Kier molecular flexibility index (Phi) is 4.78. The molecule has 0 bridgehead atoms. The maximum Gasteiger partial charge on any atom is 0.336 e. The summed E-state index contributed by atoms with van der Waals surface area (Å²) in [5, 5.41) is 12.0. The summed E-state index contributed by atoms with van der Waals surface area (Å²) in [4.78, 5) is 19.1. The third-order valence-corrected chi connectivity index (χ3v) is 7.04. The molecule has 1 saturated heterocycles. The number of halogens is 1. The normalized spacial score (nSPS) is 16.0. The molecule has 5 rings (SSSR count). The highest BCUT2D eigenvalue weighted by Gasteiger charge is 2.24. The second-order valence-electron chi connectivity index (χ2n) is 7.46. The molecular weight excluding hydrogens is 408 g/mol. The van der Waals surface area contributed by atoms with Gasteiger partial charge in [0.1, 0.15) is 11.3 Å². The molecule has 1 N–H and O–H groups in total. The van der Waals surface area contributed by atoms with Crippen molar-refractivity contribution >= 4 is 44.1 Å². The molecule has 0 atom stereocenters. The van der Waals surface area contributed by atoms with Crippen LogP contribution < -0.4 is 5.63 Å². The predicted molar refractivity (Wildman–Crippen MR) is 116 cm³/mol. The van der Waals surface area contributed by atoms with Crippen LogP contribution in [0.2, 0.25) is 5.02 Å². The van der Waals surface area contributed by atoms with Crippen LogP contribution in [0.4, 0.5) is 0 Å². The summed E-state index contributed by atoms with van der Waals surface area (Å²) in [5.74, 6) is 0.392. The van der Waals surface area contributed by atoms with Crippen molar-refractivity contribution in [3.05, 3.63) is 68.5 Å². The van der Waals surface area contributed by atoms with E-state index >= 15 is 0 Å². The largest absolute Gasteiger partial charge is 0.506 e. The van der Waals surface area contributed by atoms with Gasteiger partial charge in [0.15, 0.2) is 0 Å². The monoisotopic (exact) mass is 426 g/mol. The number of phenolic OH excluding ortho intramolecular Hbond substituents is 1. The molecule has 1 aliphatic heterocycles. The Hall–Kier alpha value is -2.41. The topological polar surface area (TPSA) is 66.6 Å². The zero-order valence-corrected chi connectivity index (χ0v) is 17.2. The van der Waals surface area contributed by atoms with Gasteiger partial charge < -0.3 is 9.52 Å². The maximum atomic E-state index is 12.0. The van der Waals surface area contributed by atoms with Crippen LogP contribution >= 0.6 is 22.9 Å². The van der Waals surface area contributed by atoms with Gasteiger partial charge in [-0.05, 0) is 49.7 Å². The van der Waals surface area contributed by atoms with Gasteiger partial charge in [0.05, 0.1) is 20.2 Å². The summed E-state index contributed by atoms with van der Waals surface area (Å²) in [6.45, 7) is 2.53. The first-order valence-corrected chi connectivity index (χ1v) is 10.8. The fraction of sp³-hybridized carbons (Fsp3) is 0.273. The van der Waals surface area contributed by atoms with Crippen molar-refractivity contribution in [1.82, 2.24) is 9.88 Å². The second kappa shape index (κ2) is 7.44. The van der Waals surface area contributed by atoms with Crippen molar-refractivity contribution in [1.29, 1.82) is 0 Å². The van der Waals surface area contributed by atoms with E-state index in [-0.39, 0.29) is 10.8 Å². The van der Waals surface area contributed by atoms with E-state index in [2.05, 4.69) is 23.1 Å². The number of likely N-dealkylation sites (tertiary alicyclic amines) is 1. The number of phenols is 1. The molecule has 3 heterocycles. The molecular formula is C22H19ClN2O3S. The number of hydrogen-bond acceptors (Lipinski definition) is 6. The molecule has 0 amide bonds. The summed E-state index contributed by atoms with van der Waals surface area (Å²) >= 11 is 7.87. The van der Waals surface area contributed by atoms with Crippen LogP contribution in [0.1, 0.15) is 29.3 Å². The first kappa shape index (κ1) is 18.6. The molecule has 0 saturated carbocycles. The quantitative estimate of drug-likeness (QED) is 0.459. The molecule has 1 aliphatic rings. The number of benzene rings is 2. The minimum absolute atomic E-state index is 0.0869. The number of aromatic nitrogens is 1. The van der Waals surface area contributed by atoms with E-state index in [1.807, 2.05) is 6.07 Å². The highest BCUT2D eigenvalue weighted by Crippen LogP contribution is 2.35. The number of thiazole rings is 1. The molecule has 0 radical (unpaired) electrons. The minimum atomic E-state index is -0.418. The fourth-order valence-corrected chi connectivity index (χ4v) is 5.31. The van der Waals surface area contributed by atoms with Crippen molar-refractivity contribution in [3.8, 4) is 5.75 Å². The minimum Gasteiger partial charge on any atom is -0.506 e. The average molecular weight is 427 g/mol. The highest BCUT2D eigenvalue weighted by atomic mass is 35.5. The lowest BCUT2D eigenvalue weighted by molar-refractivity contribution is 0.205. The Morgan fingerprint density at radius 2 is 2.00 bits per heavy atom. The Morgan fingerprint density at radius 3 is 2.79 bits per heavy atom. The van der Waals surface area contributed by atoms with E-state index in [0.29, 0.717) is 18.0 Å². The Balaban J connectivity index is 1.34. The molecule has 2 aromatic carbocycles. The maximum absolute atomic E-state index is 12.0. The van der Waals surface area contributed by atoms with Crippen molar-refractivity contribution in [2.75, 3.05) is 13.1 Å². The zero-order valence-electron chi connectivity index (χ0n) is 15.6. The number of rotatable bonds is 3. The average Bonchev–Trinajstić information content (AvgIpc) is 3.14. The van der Waals surface area contributed by atoms with Gasteiger partial charge in [0.25, 0.3) is 0 Å². The zero-order chi connectivity index (χ0) is 20.0. The lowest BCUT2D eigenvalue weighted by Crippen LogP contribution is -2.32. The number of piperidine rings is 1. The van der Waals surface area contributed by atoms with Crippen LogP contribution in [-0.4, -0.2) is 28.1 Å². The lowest BCUT2D eigenvalue weighted by Gasteiger charge is -2.31. The van der Waals surface area contributed by atoms with Crippen LogP contribution in [-0.2, 0) is 6.54 Å². The van der Waals surface area contributed by atoms with Crippen molar-refractivity contribution < 1.29 is 9.52 Å². The van der Waals surface area contributed by atoms with Gasteiger partial charge in [-0.1, -0.05) is 23.7 Å². The predicted octanol–water partition coefficient (Wildman–Crippen LogP) is 5.14. The molecule has 5 nitrogen and oxygen atoms in total. The molecule has 4 aromatic rings. The highest BCUT2D eigenvalue weighted by molar-refractivity contribution is 7.18. The Bertz CT molecular complexity index is 1230. The summed E-state index contributed by atoms with van der Waals surface area (Å²) in [6, 6.07) is 12.9. The van der Waals surface area contributed by atoms with E-state index in [4.69, 9.17) is 21.0 Å². The number of nitrogens with zero attached hydrogens (tertiary/aromatic N) is 2. The smallest absolute Gasteiger partial charge is 0.336 e. The van der Waals surface area contributed by atoms with Crippen LogP contribution in [0.3, 0.4) is 0 Å². The number of fused-ring (bicyclic) bond motifs is 2. The molecule has 7 heteroatoms. The van der Waals surface area contributed by atoms with Gasteiger partial charge >= 0.3 is 5.63 Å². The van der Waals surface area contributed by atoms with Crippen LogP contribution in [0.15, 0.2) is 51.7 Å². The van der Waals surface area contributed by atoms with Gasteiger partial charge in [0, 0.05) is 30.0 Å².